The highest BCUT2D eigenvalue weighted by atomic mass is 35.5. The number of amides is 2. The monoisotopic (exact) mass is 356 g/mol. The number of benzene rings is 2. The van der Waals surface area contributed by atoms with Crippen LogP contribution in [0, 0.1) is 0 Å². The second-order valence-corrected chi connectivity index (χ2v) is 6.69. The summed E-state index contributed by atoms with van der Waals surface area (Å²) < 4.78 is 0. The molecule has 2 aromatic carbocycles. The Bertz CT molecular complexity index is 787. The van der Waals surface area contributed by atoms with E-state index in [9.17, 15) is 9.59 Å². The molecule has 0 aliphatic carbocycles. The van der Waals surface area contributed by atoms with Crippen LogP contribution in [0.5, 0.6) is 0 Å². The summed E-state index contributed by atoms with van der Waals surface area (Å²) in [4.78, 5) is 26.0. The van der Waals surface area contributed by atoms with Crippen LogP contribution < -0.4 is 5.32 Å². The van der Waals surface area contributed by atoms with Crippen LogP contribution in [0.2, 0.25) is 5.02 Å². The molecule has 1 heterocycles. The van der Waals surface area contributed by atoms with Gasteiger partial charge in [-0.15, -0.1) is 0 Å². The maximum absolute atomic E-state index is 12.2. The standard InChI is InChI=1S/C20H21ClN2O2/c1-2-20(25)23-10-9-15-5-8-18(12-16(15)13-23)22-19(24)11-14-3-6-17(21)7-4-14/h3-8,12H,2,9-11,13H2,1H3,(H,22,24). The quantitative estimate of drug-likeness (QED) is 0.905. The van der Waals surface area contributed by atoms with E-state index in [0.717, 1.165) is 29.8 Å². The van der Waals surface area contributed by atoms with E-state index in [1.54, 1.807) is 12.1 Å². The molecule has 0 saturated carbocycles. The van der Waals surface area contributed by atoms with Crippen LogP contribution in [-0.4, -0.2) is 23.3 Å². The van der Waals surface area contributed by atoms with Crippen LogP contribution in [0.1, 0.15) is 30.0 Å². The number of halogens is 1. The van der Waals surface area contributed by atoms with E-state index in [2.05, 4.69) is 5.32 Å². The first-order valence-electron chi connectivity index (χ1n) is 8.49. The van der Waals surface area contributed by atoms with Gasteiger partial charge in [0.15, 0.2) is 0 Å². The lowest BCUT2D eigenvalue weighted by atomic mass is 9.98. The fraction of sp³-hybridized carbons (Fsp3) is 0.300. The molecule has 0 atom stereocenters. The Hall–Kier alpha value is -2.33. The third-order valence-corrected chi connectivity index (χ3v) is 4.69. The topological polar surface area (TPSA) is 49.4 Å². The Morgan fingerprint density at radius 3 is 2.60 bits per heavy atom. The Morgan fingerprint density at radius 2 is 1.88 bits per heavy atom. The number of carbonyl (C=O) groups excluding carboxylic acids is 2. The highest BCUT2D eigenvalue weighted by Gasteiger charge is 2.19. The SMILES string of the molecule is CCC(=O)N1CCc2ccc(NC(=O)Cc3ccc(Cl)cc3)cc2C1. The summed E-state index contributed by atoms with van der Waals surface area (Å²) in [5, 5.41) is 3.60. The summed E-state index contributed by atoms with van der Waals surface area (Å²) in [6.45, 7) is 3.26. The summed E-state index contributed by atoms with van der Waals surface area (Å²) >= 11 is 5.86. The van der Waals surface area contributed by atoms with Crippen molar-refractivity contribution in [3.8, 4) is 0 Å². The van der Waals surface area contributed by atoms with Crippen molar-refractivity contribution in [2.24, 2.45) is 0 Å². The van der Waals surface area contributed by atoms with E-state index < -0.39 is 0 Å². The van der Waals surface area contributed by atoms with E-state index in [-0.39, 0.29) is 11.8 Å². The number of hydrogen-bond donors (Lipinski definition) is 1. The molecule has 5 heteroatoms. The second kappa shape index (κ2) is 7.70. The number of fused-ring (bicyclic) bond motifs is 1. The predicted molar refractivity (Wildman–Crippen MR) is 99.6 cm³/mol. The van der Waals surface area contributed by atoms with Crippen LogP contribution in [0.25, 0.3) is 0 Å². The molecule has 4 nitrogen and oxygen atoms in total. The van der Waals surface area contributed by atoms with Crippen molar-refractivity contribution in [3.63, 3.8) is 0 Å². The summed E-state index contributed by atoms with van der Waals surface area (Å²) in [6, 6.07) is 13.2. The van der Waals surface area contributed by atoms with Gasteiger partial charge in [0.2, 0.25) is 11.8 Å². The number of rotatable bonds is 4. The largest absolute Gasteiger partial charge is 0.338 e. The molecule has 0 fully saturated rings. The molecule has 0 unspecified atom stereocenters. The van der Waals surface area contributed by atoms with Gasteiger partial charge < -0.3 is 10.2 Å². The molecule has 3 rings (SSSR count). The molecule has 0 radical (unpaired) electrons. The van der Waals surface area contributed by atoms with Gasteiger partial charge in [-0.1, -0.05) is 36.7 Å². The van der Waals surface area contributed by atoms with Crippen molar-refractivity contribution in [1.82, 2.24) is 4.90 Å². The molecule has 1 N–H and O–H groups in total. The molecule has 0 spiro atoms. The average molecular weight is 357 g/mol. The van der Waals surface area contributed by atoms with E-state index in [1.165, 1.54) is 5.56 Å². The lowest BCUT2D eigenvalue weighted by molar-refractivity contribution is -0.131. The van der Waals surface area contributed by atoms with Gasteiger partial charge in [-0.25, -0.2) is 0 Å². The van der Waals surface area contributed by atoms with Crippen molar-refractivity contribution < 1.29 is 9.59 Å². The van der Waals surface area contributed by atoms with E-state index in [0.29, 0.717) is 24.4 Å². The van der Waals surface area contributed by atoms with Crippen LogP contribution in [-0.2, 0) is 29.0 Å². The Labute approximate surface area is 152 Å². The van der Waals surface area contributed by atoms with Gasteiger partial charge in [0.05, 0.1) is 6.42 Å². The van der Waals surface area contributed by atoms with Crippen LogP contribution >= 0.6 is 11.6 Å². The first-order valence-corrected chi connectivity index (χ1v) is 8.87. The third kappa shape index (κ3) is 4.40. The minimum absolute atomic E-state index is 0.0698. The molecule has 0 aromatic heterocycles. The molecule has 130 valence electrons. The van der Waals surface area contributed by atoms with Gasteiger partial charge in [0, 0.05) is 30.2 Å². The smallest absolute Gasteiger partial charge is 0.228 e. The van der Waals surface area contributed by atoms with E-state index in [4.69, 9.17) is 11.6 Å². The summed E-state index contributed by atoms with van der Waals surface area (Å²) in [7, 11) is 0. The van der Waals surface area contributed by atoms with Gasteiger partial charge in [0.25, 0.3) is 0 Å². The van der Waals surface area contributed by atoms with Gasteiger partial charge in [-0.3, -0.25) is 9.59 Å². The Balaban J connectivity index is 1.66. The highest BCUT2D eigenvalue weighted by molar-refractivity contribution is 6.30. The molecule has 1 aliphatic rings. The maximum Gasteiger partial charge on any atom is 0.228 e. The third-order valence-electron chi connectivity index (χ3n) is 4.44. The molecule has 1 aliphatic heterocycles. The number of anilines is 1. The first kappa shape index (κ1) is 17.5. The van der Waals surface area contributed by atoms with Crippen LogP contribution in [0.15, 0.2) is 42.5 Å². The van der Waals surface area contributed by atoms with Crippen molar-refractivity contribution in [1.29, 1.82) is 0 Å². The molecular formula is C20H21ClN2O2. The Kier molecular flexibility index (Phi) is 5.39. The van der Waals surface area contributed by atoms with Gasteiger partial charge in [0.1, 0.15) is 0 Å². The van der Waals surface area contributed by atoms with Crippen molar-refractivity contribution in [3.05, 3.63) is 64.2 Å². The minimum Gasteiger partial charge on any atom is -0.338 e. The average Bonchev–Trinajstić information content (AvgIpc) is 2.62. The first-order chi connectivity index (χ1) is 12.0. The molecule has 2 amide bonds. The number of hydrogen-bond acceptors (Lipinski definition) is 2. The summed E-state index contributed by atoms with van der Waals surface area (Å²) in [5.41, 5.74) is 4.04. The summed E-state index contributed by atoms with van der Waals surface area (Å²) in [6.07, 6.45) is 1.68. The lowest BCUT2D eigenvalue weighted by Gasteiger charge is -2.29. The molecule has 0 bridgehead atoms. The molecular weight excluding hydrogens is 336 g/mol. The number of nitrogens with one attached hydrogen (secondary N) is 1. The fourth-order valence-corrected chi connectivity index (χ4v) is 3.19. The Morgan fingerprint density at radius 1 is 1.12 bits per heavy atom. The zero-order valence-electron chi connectivity index (χ0n) is 14.2. The van der Waals surface area contributed by atoms with Crippen molar-refractivity contribution in [2.75, 3.05) is 11.9 Å². The van der Waals surface area contributed by atoms with E-state index in [1.807, 2.05) is 42.2 Å². The van der Waals surface area contributed by atoms with Crippen LogP contribution in [0.3, 0.4) is 0 Å². The zero-order valence-corrected chi connectivity index (χ0v) is 15.0. The maximum atomic E-state index is 12.2. The molecule has 25 heavy (non-hydrogen) atoms. The fourth-order valence-electron chi connectivity index (χ4n) is 3.06. The van der Waals surface area contributed by atoms with Crippen molar-refractivity contribution >= 4 is 29.1 Å². The predicted octanol–water partition coefficient (Wildman–Crippen LogP) is 3.82. The van der Waals surface area contributed by atoms with Crippen molar-refractivity contribution in [2.45, 2.75) is 32.7 Å². The summed E-state index contributed by atoms with van der Waals surface area (Å²) in [5.74, 6) is 0.0994. The highest BCUT2D eigenvalue weighted by Crippen LogP contribution is 2.23. The number of carbonyl (C=O) groups is 2. The number of nitrogens with zero attached hydrogens (tertiary/aromatic N) is 1. The lowest BCUT2D eigenvalue weighted by Crippen LogP contribution is -2.35. The van der Waals surface area contributed by atoms with Gasteiger partial charge in [-0.05, 0) is 47.4 Å². The van der Waals surface area contributed by atoms with E-state index >= 15 is 0 Å². The second-order valence-electron chi connectivity index (χ2n) is 6.25. The zero-order chi connectivity index (χ0) is 17.8. The van der Waals surface area contributed by atoms with Crippen LogP contribution in [0.4, 0.5) is 5.69 Å². The normalized spacial score (nSPS) is 13.3. The van der Waals surface area contributed by atoms with Gasteiger partial charge >= 0.3 is 0 Å². The molecule has 2 aromatic rings. The molecule has 0 saturated heterocycles. The van der Waals surface area contributed by atoms with Gasteiger partial charge in [-0.2, -0.15) is 0 Å². The minimum atomic E-state index is -0.0698.